The molecule has 4 N–H and O–H groups in total. The molecule has 0 aliphatic carbocycles. The van der Waals surface area contributed by atoms with Gasteiger partial charge in [-0.15, -0.1) is 0 Å². The summed E-state index contributed by atoms with van der Waals surface area (Å²) in [6.45, 7) is -0.0255. The van der Waals surface area contributed by atoms with Crippen molar-refractivity contribution in [2.75, 3.05) is 13.2 Å². The van der Waals surface area contributed by atoms with Crippen LogP contribution in [0.25, 0.3) is 0 Å². The zero-order valence-corrected chi connectivity index (χ0v) is 8.16. The first-order valence-corrected chi connectivity index (χ1v) is 4.41. The Bertz CT molecular complexity index is 243. The summed E-state index contributed by atoms with van der Waals surface area (Å²) in [5.74, 6) is -2.82. The van der Waals surface area contributed by atoms with Gasteiger partial charge in [-0.05, 0) is 0 Å². The summed E-state index contributed by atoms with van der Waals surface area (Å²) in [5.41, 5.74) is 0. The lowest BCUT2D eigenvalue weighted by Gasteiger charge is -2.24. The van der Waals surface area contributed by atoms with Gasteiger partial charge in [-0.2, -0.15) is 0 Å². The van der Waals surface area contributed by atoms with Gasteiger partial charge in [-0.25, -0.2) is 0 Å². The summed E-state index contributed by atoms with van der Waals surface area (Å²) in [5, 5.41) is 37.1. The molecule has 1 saturated heterocycles. The Morgan fingerprint density at radius 2 is 2.13 bits per heavy atom. The number of aliphatic hydroxyl groups excluding tert-OH is 3. The van der Waals surface area contributed by atoms with Crippen LogP contribution in [0.3, 0.4) is 0 Å². The van der Waals surface area contributed by atoms with E-state index in [0.29, 0.717) is 0 Å². The minimum absolute atomic E-state index is 0.555. The van der Waals surface area contributed by atoms with Crippen LogP contribution in [-0.4, -0.2) is 63.7 Å². The molecular weight excluding hydrogens is 208 g/mol. The standard InChI is InChI=1S/C8H14O7/c1-4(10)14-3-8(13)7(12)6(11)5(2-9)15-8/h5-7,9,11-13H,2-3H2,1H3/t5-,6?,7?,8-/m1/s1. The summed E-state index contributed by atoms with van der Waals surface area (Å²) < 4.78 is 9.28. The first-order valence-electron chi connectivity index (χ1n) is 4.41. The second-order valence-electron chi connectivity index (χ2n) is 3.40. The highest BCUT2D eigenvalue weighted by atomic mass is 16.7. The fourth-order valence-corrected chi connectivity index (χ4v) is 1.34. The van der Waals surface area contributed by atoms with Crippen LogP contribution >= 0.6 is 0 Å². The predicted molar refractivity (Wildman–Crippen MR) is 45.6 cm³/mol. The van der Waals surface area contributed by atoms with Gasteiger partial charge in [-0.3, -0.25) is 4.79 Å². The third kappa shape index (κ3) is 2.44. The average Bonchev–Trinajstić information content (AvgIpc) is 2.41. The van der Waals surface area contributed by atoms with Gasteiger partial charge in [0, 0.05) is 6.92 Å². The molecular formula is C8H14O7. The predicted octanol–water partition coefficient (Wildman–Crippen LogP) is -2.65. The summed E-state index contributed by atoms with van der Waals surface area (Å²) in [6, 6.07) is 0. The maximum absolute atomic E-state index is 10.5. The van der Waals surface area contributed by atoms with Crippen LogP contribution in [0, 0.1) is 0 Å². The van der Waals surface area contributed by atoms with Gasteiger partial charge < -0.3 is 29.9 Å². The Hall–Kier alpha value is -0.730. The largest absolute Gasteiger partial charge is 0.460 e. The lowest BCUT2D eigenvalue weighted by atomic mass is 10.1. The highest BCUT2D eigenvalue weighted by Gasteiger charge is 2.53. The molecule has 0 aromatic heterocycles. The van der Waals surface area contributed by atoms with E-state index in [9.17, 15) is 20.1 Å². The molecule has 0 aromatic rings. The molecule has 0 amide bonds. The minimum atomic E-state index is -2.17. The number of carbonyl (C=O) groups is 1. The van der Waals surface area contributed by atoms with Gasteiger partial charge in [0.25, 0.3) is 0 Å². The number of carbonyl (C=O) groups excluding carboxylic acids is 1. The number of aliphatic hydroxyl groups is 4. The summed E-state index contributed by atoms with van der Waals surface area (Å²) >= 11 is 0. The second kappa shape index (κ2) is 4.42. The lowest BCUT2D eigenvalue weighted by molar-refractivity contribution is -0.252. The Morgan fingerprint density at radius 3 is 2.53 bits per heavy atom. The van der Waals surface area contributed by atoms with Crippen LogP contribution in [0.4, 0.5) is 0 Å². The molecule has 4 atom stereocenters. The molecule has 0 bridgehead atoms. The van der Waals surface area contributed by atoms with Crippen molar-refractivity contribution in [2.24, 2.45) is 0 Å². The topological polar surface area (TPSA) is 116 Å². The van der Waals surface area contributed by atoms with Gasteiger partial charge in [0.05, 0.1) is 6.61 Å². The molecule has 1 fully saturated rings. The molecule has 88 valence electrons. The second-order valence-corrected chi connectivity index (χ2v) is 3.40. The van der Waals surface area contributed by atoms with E-state index in [2.05, 4.69) is 4.74 Å². The van der Waals surface area contributed by atoms with Crippen LogP contribution in [0.1, 0.15) is 6.92 Å². The summed E-state index contributed by atoms with van der Waals surface area (Å²) in [6.07, 6.45) is -4.15. The Balaban J connectivity index is 2.64. The van der Waals surface area contributed by atoms with Gasteiger partial charge in [0.15, 0.2) is 0 Å². The van der Waals surface area contributed by atoms with Crippen molar-refractivity contribution in [3.63, 3.8) is 0 Å². The van der Waals surface area contributed by atoms with E-state index < -0.39 is 43.3 Å². The van der Waals surface area contributed by atoms with Crippen LogP contribution in [0.2, 0.25) is 0 Å². The van der Waals surface area contributed by atoms with Crippen LogP contribution in [0.15, 0.2) is 0 Å². The van der Waals surface area contributed by atoms with Crippen LogP contribution in [-0.2, 0) is 14.3 Å². The Kier molecular flexibility index (Phi) is 3.63. The maximum Gasteiger partial charge on any atom is 0.302 e. The monoisotopic (exact) mass is 222 g/mol. The van der Waals surface area contributed by atoms with E-state index in [1.165, 1.54) is 0 Å². The molecule has 15 heavy (non-hydrogen) atoms. The van der Waals surface area contributed by atoms with Gasteiger partial charge in [0.2, 0.25) is 5.79 Å². The number of hydrogen-bond acceptors (Lipinski definition) is 7. The van der Waals surface area contributed by atoms with Crippen LogP contribution < -0.4 is 0 Å². The third-order valence-electron chi connectivity index (χ3n) is 2.18. The lowest BCUT2D eigenvalue weighted by Crippen LogP contribution is -2.47. The zero-order chi connectivity index (χ0) is 11.6. The number of hydrogen-bond donors (Lipinski definition) is 4. The van der Waals surface area contributed by atoms with Crippen molar-refractivity contribution >= 4 is 5.97 Å². The molecule has 1 heterocycles. The Morgan fingerprint density at radius 1 is 1.53 bits per heavy atom. The quantitative estimate of drug-likeness (QED) is 0.385. The van der Waals surface area contributed by atoms with Crippen molar-refractivity contribution in [1.82, 2.24) is 0 Å². The fraction of sp³-hybridized carbons (Fsp3) is 0.875. The van der Waals surface area contributed by atoms with E-state index >= 15 is 0 Å². The average molecular weight is 222 g/mol. The third-order valence-corrected chi connectivity index (χ3v) is 2.18. The maximum atomic E-state index is 10.5. The smallest absolute Gasteiger partial charge is 0.302 e. The molecule has 0 aromatic carbocycles. The highest BCUT2D eigenvalue weighted by Crippen LogP contribution is 2.29. The van der Waals surface area contributed by atoms with E-state index in [-0.39, 0.29) is 0 Å². The number of rotatable bonds is 3. The minimum Gasteiger partial charge on any atom is -0.460 e. The molecule has 0 spiro atoms. The van der Waals surface area contributed by atoms with E-state index in [1.54, 1.807) is 0 Å². The van der Waals surface area contributed by atoms with Crippen molar-refractivity contribution < 1.29 is 34.7 Å². The molecule has 1 rings (SSSR count). The molecule has 2 unspecified atom stereocenters. The molecule has 0 saturated carbocycles. The van der Waals surface area contributed by atoms with Crippen molar-refractivity contribution in [3.05, 3.63) is 0 Å². The van der Waals surface area contributed by atoms with Crippen LogP contribution in [0.5, 0.6) is 0 Å². The fourth-order valence-electron chi connectivity index (χ4n) is 1.34. The van der Waals surface area contributed by atoms with Crippen molar-refractivity contribution in [3.8, 4) is 0 Å². The van der Waals surface area contributed by atoms with Gasteiger partial charge in [0.1, 0.15) is 24.9 Å². The first kappa shape index (κ1) is 12.3. The number of ether oxygens (including phenoxy) is 2. The normalized spacial score (nSPS) is 40.5. The molecule has 7 heteroatoms. The first-order chi connectivity index (χ1) is 6.90. The number of esters is 1. The SMILES string of the molecule is CC(=O)OC[C@@]1(O)O[C@H](CO)C(O)C1O. The van der Waals surface area contributed by atoms with Gasteiger partial charge in [-0.1, -0.05) is 0 Å². The summed E-state index contributed by atoms with van der Waals surface area (Å²) in [7, 11) is 0. The molecule has 1 aliphatic heterocycles. The van der Waals surface area contributed by atoms with E-state index in [1.807, 2.05) is 0 Å². The zero-order valence-electron chi connectivity index (χ0n) is 8.16. The summed E-state index contributed by atoms with van der Waals surface area (Å²) in [4.78, 5) is 10.5. The van der Waals surface area contributed by atoms with Crippen molar-refractivity contribution in [1.29, 1.82) is 0 Å². The molecule has 1 aliphatic rings. The molecule has 7 nitrogen and oxygen atoms in total. The highest BCUT2D eigenvalue weighted by molar-refractivity contribution is 5.65. The van der Waals surface area contributed by atoms with Crippen molar-refractivity contribution in [2.45, 2.75) is 31.0 Å². The van der Waals surface area contributed by atoms with Gasteiger partial charge >= 0.3 is 5.97 Å². The Labute approximate surface area is 85.9 Å². The van der Waals surface area contributed by atoms with E-state index in [4.69, 9.17) is 9.84 Å². The van der Waals surface area contributed by atoms with E-state index in [0.717, 1.165) is 6.92 Å². The molecule has 0 radical (unpaired) electrons.